The first-order valence-electron chi connectivity index (χ1n) is 5.33. The quantitative estimate of drug-likeness (QED) is 0.817. The highest BCUT2D eigenvalue weighted by atomic mass is 79.9. The molecule has 88 valence electrons. The van der Waals surface area contributed by atoms with Gasteiger partial charge >= 0.3 is 0 Å². The summed E-state index contributed by atoms with van der Waals surface area (Å²) in [5.74, 6) is 0.162. The van der Waals surface area contributed by atoms with Crippen molar-refractivity contribution in [3.8, 4) is 0 Å². The van der Waals surface area contributed by atoms with Gasteiger partial charge in [0.1, 0.15) is 11.7 Å². The van der Waals surface area contributed by atoms with Crippen molar-refractivity contribution < 1.29 is 9.53 Å². The average molecular weight is 296 g/mol. The van der Waals surface area contributed by atoms with E-state index in [0.29, 0.717) is 11.5 Å². The highest BCUT2D eigenvalue weighted by Crippen LogP contribution is 2.26. The number of rotatable bonds is 2. The van der Waals surface area contributed by atoms with Crippen LogP contribution >= 0.6 is 15.9 Å². The van der Waals surface area contributed by atoms with Crippen molar-refractivity contribution >= 4 is 33.8 Å². The second kappa shape index (κ2) is 4.03. The molecular formula is C11H10BrN3O2. The molecule has 0 spiro atoms. The van der Waals surface area contributed by atoms with E-state index in [2.05, 4.69) is 31.4 Å². The van der Waals surface area contributed by atoms with Gasteiger partial charge in [-0.1, -0.05) is 0 Å². The summed E-state index contributed by atoms with van der Waals surface area (Å²) < 4.78 is 6.49. The van der Waals surface area contributed by atoms with Crippen LogP contribution < -0.4 is 5.43 Å². The Labute approximate surface area is 106 Å². The van der Waals surface area contributed by atoms with Gasteiger partial charge in [-0.3, -0.25) is 4.79 Å². The predicted octanol–water partition coefficient (Wildman–Crippen LogP) is 1.78. The largest absolute Gasteiger partial charge is 0.473 e. The minimum atomic E-state index is -0.230. The molecule has 6 heteroatoms. The van der Waals surface area contributed by atoms with Crippen LogP contribution in [-0.2, 0) is 9.53 Å². The summed E-state index contributed by atoms with van der Waals surface area (Å²) >= 11 is 3.34. The number of ether oxygens (including phenoxy) is 1. The minimum Gasteiger partial charge on any atom is -0.473 e. The van der Waals surface area contributed by atoms with E-state index < -0.39 is 0 Å². The fourth-order valence-electron chi connectivity index (χ4n) is 1.50. The van der Waals surface area contributed by atoms with E-state index in [1.54, 1.807) is 12.3 Å². The minimum absolute atomic E-state index is 0.222. The van der Waals surface area contributed by atoms with E-state index in [4.69, 9.17) is 4.74 Å². The summed E-state index contributed by atoms with van der Waals surface area (Å²) in [5.41, 5.74) is 3.70. The molecule has 17 heavy (non-hydrogen) atoms. The molecule has 0 unspecified atom stereocenters. The Hall–Kier alpha value is -1.56. The van der Waals surface area contributed by atoms with E-state index in [9.17, 15) is 4.79 Å². The van der Waals surface area contributed by atoms with Crippen molar-refractivity contribution in [1.82, 2.24) is 10.4 Å². The number of H-pyrrole nitrogens is 1. The Morgan fingerprint density at radius 3 is 3.00 bits per heavy atom. The zero-order valence-corrected chi connectivity index (χ0v) is 10.5. The maximum absolute atomic E-state index is 11.6. The Kier molecular flexibility index (Phi) is 2.51. The summed E-state index contributed by atoms with van der Waals surface area (Å²) in [5, 5.41) is 3.88. The molecule has 2 N–H and O–H groups in total. The van der Waals surface area contributed by atoms with Crippen molar-refractivity contribution in [2.24, 2.45) is 5.10 Å². The van der Waals surface area contributed by atoms with Gasteiger partial charge in [0.15, 0.2) is 0 Å². The topological polar surface area (TPSA) is 66.5 Å². The van der Waals surface area contributed by atoms with Crippen LogP contribution in [0.2, 0.25) is 0 Å². The molecule has 5 nitrogen and oxygen atoms in total. The van der Waals surface area contributed by atoms with E-state index in [0.717, 1.165) is 23.0 Å². The van der Waals surface area contributed by atoms with Crippen molar-refractivity contribution in [3.05, 3.63) is 28.0 Å². The Bertz CT molecular complexity index is 529. The van der Waals surface area contributed by atoms with Gasteiger partial charge in [-0.25, -0.2) is 5.43 Å². The molecular weight excluding hydrogens is 286 g/mol. The van der Waals surface area contributed by atoms with Crippen molar-refractivity contribution in [2.75, 3.05) is 0 Å². The van der Waals surface area contributed by atoms with Crippen LogP contribution in [-0.4, -0.2) is 22.9 Å². The van der Waals surface area contributed by atoms with Gasteiger partial charge in [0.25, 0.3) is 5.91 Å². The lowest BCUT2D eigenvalue weighted by Gasteiger charge is -2.02. The first-order chi connectivity index (χ1) is 8.22. The zero-order valence-electron chi connectivity index (χ0n) is 8.87. The number of aromatic amines is 1. The Morgan fingerprint density at radius 2 is 2.35 bits per heavy atom. The molecule has 1 saturated carbocycles. The van der Waals surface area contributed by atoms with Gasteiger partial charge in [0.05, 0.1) is 0 Å². The van der Waals surface area contributed by atoms with Crippen molar-refractivity contribution in [1.29, 1.82) is 0 Å². The SMILES string of the molecule is O=C1NN=C(OC2CC2)/C1=C\c1cc(Br)c[nH]1. The molecule has 0 atom stereocenters. The molecule has 1 aliphatic carbocycles. The van der Waals surface area contributed by atoms with E-state index >= 15 is 0 Å². The Morgan fingerprint density at radius 1 is 1.53 bits per heavy atom. The summed E-state index contributed by atoms with van der Waals surface area (Å²) in [7, 11) is 0. The third-order valence-electron chi connectivity index (χ3n) is 2.51. The lowest BCUT2D eigenvalue weighted by atomic mass is 10.2. The van der Waals surface area contributed by atoms with Gasteiger partial charge in [0.2, 0.25) is 5.90 Å². The molecule has 1 aromatic rings. The number of carbonyl (C=O) groups excluding carboxylic acids is 1. The van der Waals surface area contributed by atoms with E-state index in [1.807, 2.05) is 6.07 Å². The van der Waals surface area contributed by atoms with Crippen LogP contribution in [0.5, 0.6) is 0 Å². The van der Waals surface area contributed by atoms with E-state index in [-0.39, 0.29) is 12.0 Å². The molecule has 1 fully saturated rings. The number of amides is 1. The summed E-state index contributed by atoms with van der Waals surface area (Å²) in [6.07, 6.45) is 5.83. The molecule has 2 heterocycles. The second-order valence-electron chi connectivity index (χ2n) is 4.01. The van der Waals surface area contributed by atoms with Crippen molar-refractivity contribution in [3.63, 3.8) is 0 Å². The van der Waals surface area contributed by atoms with Crippen LogP contribution in [0.4, 0.5) is 0 Å². The number of hydrazone groups is 1. The maximum Gasteiger partial charge on any atom is 0.277 e. The third-order valence-corrected chi connectivity index (χ3v) is 2.96. The predicted molar refractivity (Wildman–Crippen MR) is 66.2 cm³/mol. The number of halogens is 1. The molecule has 2 aliphatic rings. The number of nitrogens with one attached hydrogen (secondary N) is 2. The van der Waals surface area contributed by atoms with Gasteiger partial charge in [0, 0.05) is 16.4 Å². The average Bonchev–Trinajstić information content (AvgIpc) is 2.93. The lowest BCUT2D eigenvalue weighted by molar-refractivity contribution is -0.116. The van der Waals surface area contributed by atoms with Crippen LogP contribution in [0, 0.1) is 0 Å². The summed E-state index contributed by atoms with van der Waals surface area (Å²) in [4.78, 5) is 14.6. The summed E-state index contributed by atoms with van der Waals surface area (Å²) in [6.45, 7) is 0. The number of aromatic nitrogens is 1. The number of hydrogen-bond donors (Lipinski definition) is 2. The maximum atomic E-state index is 11.6. The zero-order chi connectivity index (χ0) is 11.8. The molecule has 0 bridgehead atoms. The van der Waals surface area contributed by atoms with Gasteiger partial charge in [-0.05, 0) is 40.9 Å². The molecule has 0 saturated heterocycles. The fourth-order valence-corrected chi connectivity index (χ4v) is 1.86. The molecule has 0 radical (unpaired) electrons. The van der Waals surface area contributed by atoms with Gasteiger partial charge in [-0.15, -0.1) is 5.10 Å². The summed E-state index contributed by atoms with van der Waals surface area (Å²) in [6, 6.07) is 1.88. The van der Waals surface area contributed by atoms with Crippen molar-refractivity contribution in [2.45, 2.75) is 18.9 Å². The first-order valence-corrected chi connectivity index (χ1v) is 6.12. The second-order valence-corrected chi connectivity index (χ2v) is 4.92. The molecule has 3 rings (SSSR count). The molecule has 1 aromatic heterocycles. The van der Waals surface area contributed by atoms with Crippen LogP contribution in [0.1, 0.15) is 18.5 Å². The van der Waals surface area contributed by atoms with Crippen LogP contribution in [0.15, 0.2) is 27.4 Å². The molecule has 0 aromatic carbocycles. The van der Waals surface area contributed by atoms with Gasteiger partial charge < -0.3 is 9.72 Å². The third kappa shape index (κ3) is 2.26. The van der Waals surface area contributed by atoms with Gasteiger partial charge in [-0.2, -0.15) is 0 Å². The highest BCUT2D eigenvalue weighted by Gasteiger charge is 2.31. The number of nitrogens with zero attached hydrogens (tertiary/aromatic N) is 1. The first kappa shape index (κ1) is 10.6. The highest BCUT2D eigenvalue weighted by molar-refractivity contribution is 9.10. The number of carbonyl (C=O) groups is 1. The number of hydrogen-bond acceptors (Lipinski definition) is 3. The smallest absolute Gasteiger partial charge is 0.277 e. The normalized spacial score (nSPS) is 21.6. The monoisotopic (exact) mass is 295 g/mol. The van der Waals surface area contributed by atoms with Crippen LogP contribution in [0.3, 0.4) is 0 Å². The fraction of sp³-hybridized carbons (Fsp3) is 0.273. The van der Waals surface area contributed by atoms with E-state index in [1.165, 1.54) is 0 Å². The lowest BCUT2D eigenvalue weighted by Crippen LogP contribution is -2.14. The molecule has 1 amide bonds. The van der Waals surface area contributed by atoms with Crippen LogP contribution in [0.25, 0.3) is 6.08 Å². The molecule has 1 aliphatic heterocycles. The Balaban J connectivity index is 1.85. The standard InChI is InChI=1S/C11H10BrN3O2/c12-6-3-7(13-5-6)4-9-10(16)14-15-11(9)17-8-1-2-8/h3-5,8,13H,1-2H2,(H,14,16)/b9-4-.